The number of hydrogen-bond acceptors (Lipinski definition) is 3. The number of carbonyl (C=O) groups is 1. The maximum absolute atomic E-state index is 12.9. The number of anilines is 1. The molecule has 8 heteroatoms. The molecular weight excluding hydrogens is 475 g/mol. The lowest BCUT2D eigenvalue weighted by Crippen LogP contribution is -2.17. The highest BCUT2D eigenvalue weighted by atomic mass is 35.5. The molecule has 4 rings (SSSR count). The van der Waals surface area contributed by atoms with Gasteiger partial charge in [-0.1, -0.05) is 65.1 Å². The Morgan fingerprint density at radius 3 is 2.45 bits per heavy atom. The number of aromatic nitrogens is 1. The molecule has 0 spiro atoms. The Bertz CT molecular complexity index is 1340. The van der Waals surface area contributed by atoms with Crippen molar-refractivity contribution in [2.45, 2.75) is 4.90 Å². The molecule has 0 radical (unpaired) electrons. The minimum Gasteiger partial charge on any atom is -0.325 e. The van der Waals surface area contributed by atoms with Gasteiger partial charge in [-0.25, -0.2) is 0 Å². The molecule has 1 aromatic heterocycles. The number of nitrogens with one attached hydrogen (secondary N) is 2. The highest BCUT2D eigenvalue weighted by Gasteiger charge is 2.17. The van der Waals surface area contributed by atoms with Gasteiger partial charge in [-0.15, -0.1) is 11.8 Å². The number of carbonyl (C=O) groups excluding carboxylic acids is 1. The molecule has 4 aromatic rings. The Hall–Kier alpha value is -2.44. The van der Waals surface area contributed by atoms with Crippen LogP contribution in [0.3, 0.4) is 0 Å². The van der Waals surface area contributed by atoms with Crippen molar-refractivity contribution in [1.82, 2.24) is 4.98 Å². The van der Waals surface area contributed by atoms with Gasteiger partial charge in [0.15, 0.2) is 0 Å². The van der Waals surface area contributed by atoms with Crippen molar-refractivity contribution in [1.29, 1.82) is 0 Å². The summed E-state index contributed by atoms with van der Waals surface area (Å²) in [5.74, 6) is -0.233. The fraction of sp³-hybridized carbons (Fsp3) is 0.0435. The number of fused-ring (bicyclic) bond motifs is 1. The zero-order valence-electron chi connectivity index (χ0n) is 15.9. The standard InChI is InChI=1S/C23H15Cl3N2O2S/c24-14-6-9-19-16(10-14)21(13-4-2-1-3-5-13)22(23(30)28-19)31-12-20(29)27-15-7-8-17(25)18(26)11-15/h1-11H,12H2,(H,27,29)(H,28,30). The summed E-state index contributed by atoms with van der Waals surface area (Å²) in [6.45, 7) is 0. The van der Waals surface area contributed by atoms with E-state index in [4.69, 9.17) is 34.8 Å². The lowest BCUT2D eigenvalue weighted by atomic mass is 10.0. The van der Waals surface area contributed by atoms with Crippen molar-refractivity contribution in [2.24, 2.45) is 0 Å². The van der Waals surface area contributed by atoms with Crippen LogP contribution in [-0.4, -0.2) is 16.6 Å². The average molecular weight is 490 g/mol. The van der Waals surface area contributed by atoms with E-state index in [9.17, 15) is 9.59 Å². The maximum Gasteiger partial charge on any atom is 0.262 e. The number of aromatic amines is 1. The maximum atomic E-state index is 12.9. The molecule has 0 aliphatic rings. The third kappa shape index (κ3) is 4.91. The summed E-state index contributed by atoms with van der Waals surface area (Å²) in [4.78, 5) is 28.7. The largest absolute Gasteiger partial charge is 0.325 e. The minimum absolute atomic E-state index is 0.0369. The Labute approximate surface area is 197 Å². The van der Waals surface area contributed by atoms with E-state index in [0.29, 0.717) is 31.2 Å². The first kappa shape index (κ1) is 21.8. The highest BCUT2D eigenvalue weighted by molar-refractivity contribution is 8.00. The normalized spacial score (nSPS) is 10.9. The number of pyridine rings is 1. The van der Waals surface area contributed by atoms with Gasteiger partial charge in [0, 0.05) is 27.2 Å². The SMILES string of the molecule is O=C(CSc1c(-c2ccccc2)c2cc(Cl)ccc2[nH]c1=O)Nc1ccc(Cl)c(Cl)c1. The average Bonchev–Trinajstić information content (AvgIpc) is 2.75. The molecule has 3 aromatic carbocycles. The molecule has 1 amide bonds. The lowest BCUT2D eigenvalue weighted by molar-refractivity contribution is -0.113. The monoisotopic (exact) mass is 488 g/mol. The van der Waals surface area contributed by atoms with Crippen LogP contribution in [0.2, 0.25) is 15.1 Å². The Morgan fingerprint density at radius 2 is 1.71 bits per heavy atom. The lowest BCUT2D eigenvalue weighted by Gasteiger charge is -2.13. The zero-order chi connectivity index (χ0) is 22.0. The summed E-state index contributed by atoms with van der Waals surface area (Å²) >= 11 is 19.3. The molecule has 0 unspecified atom stereocenters. The van der Waals surface area contributed by atoms with E-state index < -0.39 is 0 Å². The van der Waals surface area contributed by atoms with Gasteiger partial charge in [0.25, 0.3) is 5.56 Å². The number of benzene rings is 3. The van der Waals surface area contributed by atoms with Gasteiger partial charge in [0.1, 0.15) is 0 Å². The number of rotatable bonds is 5. The fourth-order valence-electron chi connectivity index (χ4n) is 3.19. The first-order valence-electron chi connectivity index (χ1n) is 9.21. The van der Waals surface area contributed by atoms with E-state index in [2.05, 4.69) is 10.3 Å². The van der Waals surface area contributed by atoms with Crippen LogP contribution >= 0.6 is 46.6 Å². The Kier molecular flexibility index (Phi) is 6.58. The van der Waals surface area contributed by atoms with Gasteiger partial charge in [-0.05, 0) is 42.0 Å². The number of amides is 1. The van der Waals surface area contributed by atoms with Crippen LogP contribution in [0.5, 0.6) is 0 Å². The summed E-state index contributed by atoms with van der Waals surface area (Å²) in [5, 5.41) is 4.89. The molecule has 0 fully saturated rings. The smallest absolute Gasteiger partial charge is 0.262 e. The fourth-order valence-corrected chi connectivity index (χ4v) is 4.56. The zero-order valence-corrected chi connectivity index (χ0v) is 19.0. The molecule has 2 N–H and O–H groups in total. The van der Waals surface area contributed by atoms with E-state index in [-0.39, 0.29) is 17.2 Å². The Morgan fingerprint density at radius 1 is 0.935 bits per heavy atom. The summed E-state index contributed by atoms with van der Waals surface area (Å²) in [7, 11) is 0. The van der Waals surface area contributed by atoms with Gasteiger partial charge in [0.05, 0.1) is 20.7 Å². The number of hydrogen-bond donors (Lipinski definition) is 2. The van der Waals surface area contributed by atoms with Gasteiger partial charge >= 0.3 is 0 Å². The van der Waals surface area contributed by atoms with E-state index in [1.807, 2.05) is 36.4 Å². The van der Waals surface area contributed by atoms with Crippen LogP contribution in [0.1, 0.15) is 0 Å². The van der Waals surface area contributed by atoms with E-state index in [0.717, 1.165) is 16.5 Å². The van der Waals surface area contributed by atoms with Crippen molar-refractivity contribution >= 4 is 69.1 Å². The summed E-state index contributed by atoms with van der Waals surface area (Å²) < 4.78 is 0. The quantitative estimate of drug-likeness (QED) is 0.300. The van der Waals surface area contributed by atoms with Crippen LogP contribution in [0.15, 0.2) is 76.4 Å². The van der Waals surface area contributed by atoms with Gasteiger partial charge in [0.2, 0.25) is 5.91 Å². The first-order chi connectivity index (χ1) is 14.9. The second kappa shape index (κ2) is 9.37. The molecule has 1 heterocycles. The van der Waals surface area contributed by atoms with E-state index in [1.165, 1.54) is 11.8 Å². The van der Waals surface area contributed by atoms with Gasteiger partial charge < -0.3 is 10.3 Å². The predicted octanol–water partition coefficient (Wildman–Crippen LogP) is 6.89. The summed E-state index contributed by atoms with van der Waals surface area (Å²) in [5.41, 5.74) is 2.56. The molecule has 0 saturated heterocycles. The second-order valence-corrected chi connectivity index (χ2v) is 8.92. The number of thioether (sulfide) groups is 1. The number of H-pyrrole nitrogens is 1. The van der Waals surface area contributed by atoms with E-state index >= 15 is 0 Å². The van der Waals surface area contributed by atoms with Gasteiger partial charge in [-0.3, -0.25) is 9.59 Å². The first-order valence-corrected chi connectivity index (χ1v) is 11.3. The third-order valence-corrected chi connectivity index (χ3v) is 6.60. The second-order valence-electron chi connectivity index (χ2n) is 6.68. The minimum atomic E-state index is -0.270. The van der Waals surface area contributed by atoms with Crippen LogP contribution < -0.4 is 10.9 Å². The molecule has 0 saturated carbocycles. The molecule has 4 nitrogen and oxygen atoms in total. The summed E-state index contributed by atoms with van der Waals surface area (Å²) in [6, 6.07) is 19.7. The topological polar surface area (TPSA) is 62.0 Å². The molecule has 156 valence electrons. The summed E-state index contributed by atoms with van der Waals surface area (Å²) in [6.07, 6.45) is 0. The molecular formula is C23H15Cl3N2O2S. The van der Waals surface area contributed by atoms with Crippen molar-refractivity contribution in [2.75, 3.05) is 11.1 Å². The van der Waals surface area contributed by atoms with Crippen molar-refractivity contribution in [3.05, 3.63) is 92.2 Å². The van der Waals surface area contributed by atoms with Crippen LogP contribution in [0, 0.1) is 0 Å². The number of halogens is 3. The molecule has 0 aliphatic carbocycles. The van der Waals surface area contributed by atoms with Crippen LogP contribution in [0.25, 0.3) is 22.0 Å². The Balaban J connectivity index is 1.68. The van der Waals surface area contributed by atoms with Crippen LogP contribution in [0.4, 0.5) is 5.69 Å². The van der Waals surface area contributed by atoms with Crippen LogP contribution in [-0.2, 0) is 4.79 Å². The van der Waals surface area contributed by atoms with Crippen molar-refractivity contribution in [3.8, 4) is 11.1 Å². The molecule has 0 atom stereocenters. The molecule has 0 bridgehead atoms. The predicted molar refractivity (Wildman–Crippen MR) is 131 cm³/mol. The highest BCUT2D eigenvalue weighted by Crippen LogP contribution is 2.35. The van der Waals surface area contributed by atoms with Crippen molar-refractivity contribution in [3.63, 3.8) is 0 Å². The molecule has 31 heavy (non-hydrogen) atoms. The third-order valence-electron chi connectivity index (χ3n) is 4.55. The van der Waals surface area contributed by atoms with E-state index in [1.54, 1.807) is 30.3 Å². The van der Waals surface area contributed by atoms with Crippen molar-refractivity contribution < 1.29 is 4.79 Å². The molecule has 0 aliphatic heterocycles. The van der Waals surface area contributed by atoms with Gasteiger partial charge in [-0.2, -0.15) is 0 Å².